The van der Waals surface area contributed by atoms with Crippen LogP contribution in [0.1, 0.15) is 50.7 Å². The summed E-state index contributed by atoms with van der Waals surface area (Å²) in [5.41, 5.74) is 5.14. The molecular weight excluding hydrogens is 406 g/mol. The van der Waals surface area contributed by atoms with E-state index in [1.54, 1.807) is 7.05 Å². The van der Waals surface area contributed by atoms with E-state index in [0.717, 1.165) is 39.6 Å². The van der Waals surface area contributed by atoms with Gasteiger partial charge in [0, 0.05) is 62.5 Å². The van der Waals surface area contributed by atoms with Crippen LogP contribution in [0.3, 0.4) is 0 Å². The molecule has 2 unspecified atom stereocenters. The highest BCUT2D eigenvalue weighted by molar-refractivity contribution is 6.11. The zero-order valence-electron chi connectivity index (χ0n) is 20.7. The predicted octanol–water partition coefficient (Wildman–Crippen LogP) is 6.33. The summed E-state index contributed by atoms with van der Waals surface area (Å²) in [5.74, 6) is 2.33. The zero-order valence-corrected chi connectivity index (χ0v) is 20.7. The summed E-state index contributed by atoms with van der Waals surface area (Å²) in [6.45, 7) is 8.34. The number of nitrogens with one attached hydrogen (secondary N) is 1. The maximum Gasteiger partial charge on any atom is 0.161 e. The molecule has 2 aromatic rings. The van der Waals surface area contributed by atoms with Gasteiger partial charge in [-0.15, -0.1) is 0 Å². The summed E-state index contributed by atoms with van der Waals surface area (Å²) >= 11 is 0. The quantitative estimate of drug-likeness (QED) is 0.383. The average molecular weight is 444 g/mol. The minimum Gasteiger partial charge on any atom is -0.383 e. The smallest absolute Gasteiger partial charge is 0.161 e. The third kappa shape index (κ3) is 6.41. The Hall–Kier alpha value is -3.21. The second kappa shape index (κ2) is 11.6. The summed E-state index contributed by atoms with van der Waals surface area (Å²) in [7, 11) is 5.81. The van der Waals surface area contributed by atoms with E-state index in [2.05, 4.69) is 54.3 Å². The Balaban J connectivity index is 2.03. The number of aliphatic imine (C=N–C) groups is 1. The number of nitrogens with zero attached hydrogens (tertiary/aromatic N) is 4. The van der Waals surface area contributed by atoms with Crippen molar-refractivity contribution in [2.75, 3.05) is 26.5 Å². The number of allylic oxidation sites excluding steroid dienone is 4. The van der Waals surface area contributed by atoms with E-state index in [9.17, 15) is 0 Å². The fourth-order valence-corrected chi connectivity index (χ4v) is 4.40. The molecule has 5 nitrogen and oxygen atoms in total. The Kier molecular flexibility index (Phi) is 8.58. The molecule has 33 heavy (non-hydrogen) atoms. The molecule has 1 N–H and O–H groups in total. The maximum atomic E-state index is 5.02. The van der Waals surface area contributed by atoms with Crippen molar-refractivity contribution in [2.24, 2.45) is 10.9 Å². The number of aromatic nitrogens is 2. The zero-order chi connectivity index (χ0) is 23.8. The van der Waals surface area contributed by atoms with E-state index in [4.69, 9.17) is 9.97 Å². The second-order valence-electron chi connectivity index (χ2n) is 9.03. The van der Waals surface area contributed by atoms with E-state index in [-0.39, 0.29) is 0 Å². The van der Waals surface area contributed by atoms with Gasteiger partial charge in [-0.1, -0.05) is 56.7 Å². The lowest BCUT2D eigenvalue weighted by Crippen LogP contribution is -2.27. The van der Waals surface area contributed by atoms with Crippen LogP contribution < -0.4 is 5.32 Å². The summed E-state index contributed by atoms with van der Waals surface area (Å²) in [6.07, 6.45) is 14.7. The van der Waals surface area contributed by atoms with Crippen molar-refractivity contribution in [1.29, 1.82) is 0 Å². The van der Waals surface area contributed by atoms with Crippen LogP contribution in [0, 0.1) is 5.92 Å². The molecule has 0 bridgehead atoms. The minimum absolute atomic E-state index is 0.425. The molecule has 1 aromatic carbocycles. The van der Waals surface area contributed by atoms with Gasteiger partial charge in [0.25, 0.3) is 0 Å². The van der Waals surface area contributed by atoms with Crippen molar-refractivity contribution < 1.29 is 0 Å². The third-order valence-corrected chi connectivity index (χ3v) is 6.03. The van der Waals surface area contributed by atoms with E-state index in [1.807, 2.05) is 50.5 Å². The monoisotopic (exact) mass is 443 g/mol. The van der Waals surface area contributed by atoms with Crippen LogP contribution in [-0.2, 0) is 0 Å². The number of rotatable bonds is 8. The van der Waals surface area contributed by atoms with Gasteiger partial charge in [-0.3, -0.25) is 4.99 Å². The van der Waals surface area contributed by atoms with Gasteiger partial charge in [-0.2, -0.15) is 0 Å². The minimum atomic E-state index is 0.425. The van der Waals surface area contributed by atoms with Gasteiger partial charge < -0.3 is 10.2 Å². The van der Waals surface area contributed by atoms with E-state index < -0.39 is 0 Å². The lowest BCUT2D eigenvalue weighted by atomic mass is 9.87. The Labute approximate surface area is 199 Å². The number of anilines is 1. The molecule has 1 aliphatic rings. The van der Waals surface area contributed by atoms with Crippen LogP contribution in [0.25, 0.3) is 22.5 Å². The molecule has 0 amide bonds. The molecule has 1 fully saturated rings. The van der Waals surface area contributed by atoms with E-state index >= 15 is 0 Å². The molecule has 0 saturated heterocycles. The Morgan fingerprint density at radius 3 is 2.73 bits per heavy atom. The molecule has 1 aromatic heterocycles. The first-order valence-corrected chi connectivity index (χ1v) is 11.8. The Morgan fingerprint density at radius 1 is 1.24 bits per heavy atom. The van der Waals surface area contributed by atoms with Gasteiger partial charge in [-0.05, 0) is 42.9 Å². The third-order valence-electron chi connectivity index (χ3n) is 6.03. The molecule has 1 saturated carbocycles. The molecule has 1 aliphatic carbocycles. The van der Waals surface area contributed by atoms with Crippen molar-refractivity contribution in [1.82, 2.24) is 14.9 Å². The summed E-state index contributed by atoms with van der Waals surface area (Å²) < 4.78 is 0. The summed E-state index contributed by atoms with van der Waals surface area (Å²) in [5, 5.41) is 3.75. The summed E-state index contributed by atoms with van der Waals surface area (Å²) in [6, 6.07) is 8.75. The molecule has 3 rings (SSSR count). The highest BCUT2D eigenvalue weighted by Gasteiger charge is 2.21. The largest absolute Gasteiger partial charge is 0.383 e. The molecule has 5 heteroatoms. The second-order valence-corrected chi connectivity index (χ2v) is 9.03. The van der Waals surface area contributed by atoms with Crippen molar-refractivity contribution in [3.05, 3.63) is 66.5 Å². The highest BCUT2D eigenvalue weighted by Crippen LogP contribution is 2.30. The fourth-order valence-electron chi connectivity index (χ4n) is 4.40. The van der Waals surface area contributed by atoms with Gasteiger partial charge >= 0.3 is 0 Å². The Bertz CT molecular complexity index is 1050. The average Bonchev–Trinajstić information content (AvgIpc) is 2.81. The van der Waals surface area contributed by atoms with Crippen LogP contribution in [-0.4, -0.2) is 48.3 Å². The van der Waals surface area contributed by atoms with E-state index in [0.29, 0.717) is 11.9 Å². The van der Waals surface area contributed by atoms with Gasteiger partial charge in [0.1, 0.15) is 5.82 Å². The van der Waals surface area contributed by atoms with Crippen LogP contribution in [0.2, 0.25) is 0 Å². The molecule has 174 valence electrons. The molecule has 2 atom stereocenters. The van der Waals surface area contributed by atoms with Gasteiger partial charge in [-0.25, -0.2) is 9.97 Å². The lowest BCUT2D eigenvalue weighted by molar-refractivity contribution is 0.358. The first kappa shape index (κ1) is 24.4. The lowest BCUT2D eigenvalue weighted by Gasteiger charge is -2.28. The SMILES string of the molecule is C=C/C(=C\N(C)C)c1cccc(-c2ncc(/C(C=NC)=C/C)c(NC3CCCC(C)C3)n2)c1. The molecule has 0 aliphatic heterocycles. The van der Waals surface area contributed by atoms with Gasteiger partial charge in [0.15, 0.2) is 5.82 Å². The number of hydrogen-bond acceptors (Lipinski definition) is 5. The van der Waals surface area contributed by atoms with Gasteiger partial charge in [0.05, 0.1) is 0 Å². The maximum absolute atomic E-state index is 5.02. The van der Waals surface area contributed by atoms with Crippen LogP contribution in [0.4, 0.5) is 5.82 Å². The van der Waals surface area contributed by atoms with Crippen LogP contribution in [0.5, 0.6) is 0 Å². The molecular formula is C28H37N5. The standard InChI is InChI=1S/C28H37N5/c1-7-21(17-29-4)26-18-30-27(32-28(26)31-25-14-9-11-20(3)15-25)24-13-10-12-23(16-24)22(8-2)19-33(5)6/h7-8,10,12-13,16-20,25H,2,9,11,14-15H2,1,3-6H3,(H,30,31,32)/b21-7+,22-19+,29-17?. The number of benzene rings is 1. The summed E-state index contributed by atoms with van der Waals surface area (Å²) in [4.78, 5) is 16.0. The van der Waals surface area contributed by atoms with E-state index in [1.165, 1.54) is 25.7 Å². The molecule has 0 spiro atoms. The van der Waals surface area contributed by atoms with Crippen molar-refractivity contribution in [2.45, 2.75) is 45.6 Å². The Morgan fingerprint density at radius 2 is 2.06 bits per heavy atom. The normalized spacial score (nSPS) is 19.5. The fraction of sp³-hybridized carbons (Fsp3) is 0.393. The van der Waals surface area contributed by atoms with Gasteiger partial charge in [0.2, 0.25) is 0 Å². The van der Waals surface area contributed by atoms with Crippen LogP contribution in [0.15, 0.2) is 60.4 Å². The van der Waals surface area contributed by atoms with Crippen molar-refractivity contribution in [3.8, 4) is 11.4 Å². The number of hydrogen-bond donors (Lipinski definition) is 1. The first-order valence-electron chi connectivity index (χ1n) is 11.8. The highest BCUT2D eigenvalue weighted by atomic mass is 15.1. The molecule has 1 heterocycles. The van der Waals surface area contributed by atoms with Crippen LogP contribution >= 0.6 is 0 Å². The van der Waals surface area contributed by atoms with Crippen molar-refractivity contribution in [3.63, 3.8) is 0 Å². The molecule has 0 radical (unpaired) electrons. The van der Waals surface area contributed by atoms with Crippen molar-refractivity contribution >= 4 is 23.2 Å². The predicted molar refractivity (Wildman–Crippen MR) is 142 cm³/mol. The topological polar surface area (TPSA) is 53.4 Å². The first-order chi connectivity index (χ1) is 15.9.